The van der Waals surface area contributed by atoms with Gasteiger partial charge in [-0.2, -0.15) is 0 Å². The molecule has 35 heavy (non-hydrogen) atoms. The predicted molar refractivity (Wildman–Crippen MR) is 143 cm³/mol. The summed E-state index contributed by atoms with van der Waals surface area (Å²) in [6.07, 6.45) is 2.58. The molecular weight excluding hydrogens is 456 g/mol. The lowest BCUT2D eigenvalue weighted by Crippen LogP contribution is -2.25. The van der Waals surface area contributed by atoms with Gasteiger partial charge in [-0.3, -0.25) is 9.69 Å². The largest absolute Gasteiger partial charge is 0.492 e. The van der Waals surface area contributed by atoms with Crippen LogP contribution in [0.5, 0.6) is 11.5 Å². The van der Waals surface area contributed by atoms with E-state index in [0.717, 1.165) is 38.4 Å². The lowest BCUT2D eigenvalue weighted by Gasteiger charge is -2.15. The Hall–Kier alpha value is -3.19. The minimum atomic E-state index is 0.00812. The molecule has 0 amide bonds. The van der Waals surface area contributed by atoms with Crippen molar-refractivity contribution in [2.75, 3.05) is 39.4 Å². The molecule has 4 aromatic rings. The molecular formula is C29H30N2O3S. The van der Waals surface area contributed by atoms with E-state index in [9.17, 15) is 4.79 Å². The number of nitrogens with zero attached hydrogens (tertiary/aromatic N) is 1. The Morgan fingerprint density at radius 2 is 1.51 bits per heavy atom. The van der Waals surface area contributed by atoms with Crippen LogP contribution in [0.25, 0.3) is 20.5 Å². The van der Waals surface area contributed by atoms with Gasteiger partial charge in [-0.1, -0.05) is 18.2 Å². The molecule has 1 aliphatic heterocycles. The number of rotatable bonds is 10. The molecule has 0 atom stereocenters. The second-order valence-corrected chi connectivity index (χ2v) is 9.77. The molecule has 0 spiro atoms. The summed E-state index contributed by atoms with van der Waals surface area (Å²) < 4.78 is 12.6. The predicted octanol–water partition coefficient (Wildman–Crippen LogP) is 5.61. The number of carbonyl (C=O) groups excluding carboxylic acids is 1. The van der Waals surface area contributed by atoms with Gasteiger partial charge in [-0.05, 0) is 86.1 Å². The average Bonchev–Trinajstić information content (AvgIpc) is 3.56. The van der Waals surface area contributed by atoms with Crippen molar-refractivity contribution in [1.29, 1.82) is 0 Å². The summed E-state index contributed by atoms with van der Waals surface area (Å²) in [5.41, 5.74) is 7.91. The van der Waals surface area contributed by atoms with Gasteiger partial charge in [0.25, 0.3) is 0 Å². The van der Waals surface area contributed by atoms with Crippen LogP contribution < -0.4 is 15.2 Å². The maximum atomic E-state index is 13.7. The van der Waals surface area contributed by atoms with Crippen LogP contribution in [0, 0.1) is 0 Å². The molecule has 0 unspecified atom stereocenters. The number of ether oxygens (including phenoxy) is 2. The van der Waals surface area contributed by atoms with Crippen LogP contribution in [0.4, 0.5) is 0 Å². The zero-order valence-corrected chi connectivity index (χ0v) is 20.6. The van der Waals surface area contributed by atoms with Crippen molar-refractivity contribution in [2.24, 2.45) is 5.73 Å². The number of hydrogen-bond donors (Lipinski definition) is 1. The van der Waals surface area contributed by atoms with Crippen molar-refractivity contribution >= 4 is 27.2 Å². The van der Waals surface area contributed by atoms with Gasteiger partial charge in [0.1, 0.15) is 24.7 Å². The molecule has 5 rings (SSSR count). The van der Waals surface area contributed by atoms with Gasteiger partial charge in [-0.15, -0.1) is 11.3 Å². The Bertz CT molecular complexity index is 1280. The SMILES string of the molecule is NCCOc1ccc(C(=O)c2c(-c3ccc(OCCN4CCCC4)cc3)sc3ccccc23)cc1. The summed E-state index contributed by atoms with van der Waals surface area (Å²) >= 11 is 1.65. The molecule has 0 saturated carbocycles. The first-order chi connectivity index (χ1) is 17.2. The number of benzene rings is 3. The maximum Gasteiger partial charge on any atom is 0.195 e. The van der Waals surface area contributed by atoms with E-state index >= 15 is 0 Å². The van der Waals surface area contributed by atoms with E-state index in [4.69, 9.17) is 15.2 Å². The quantitative estimate of drug-likeness (QED) is 0.295. The molecule has 1 saturated heterocycles. The zero-order valence-electron chi connectivity index (χ0n) is 19.7. The van der Waals surface area contributed by atoms with Crippen molar-refractivity contribution in [3.05, 3.63) is 83.9 Å². The normalized spacial score (nSPS) is 13.9. The number of fused-ring (bicyclic) bond motifs is 1. The Kier molecular flexibility index (Phi) is 7.42. The molecule has 5 nitrogen and oxygen atoms in total. The summed E-state index contributed by atoms with van der Waals surface area (Å²) in [7, 11) is 0. The summed E-state index contributed by atoms with van der Waals surface area (Å²) in [4.78, 5) is 17.1. The highest BCUT2D eigenvalue weighted by molar-refractivity contribution is 7.22. The van der Waals surface area contributed by atoms with Crippen LogP contribution in [0.15, 0.2) is 72.8 Å². The van der Waals surface area contributed by atoms with Crippen molar-refractivity contribution in [1.82, 2.24) is 4.90 Å². The third kappa shape index (κ3) is 5.40. The second-order valence-electron chi connectivity index (χ2n) is 8.71. The van der Waals surface area contributed by atoms with E-state index in [1.807, 2.05) is 54.6 Å². The molecule has 180 valence electrons. The van der Waals surface area contributed by atoms with E-state index in [0.29, 0.717) is 31.1 Å². The highest BCUT2D eigenvalue weighted by Gasteiger charge is 2.21. The minimum absolute atomic E-state index is 0.00812. The first kappa shape index (κ1) is 23.5. The fourth-order valence-corrected chi connectivity index (χ4v) is 5.70. The van der Waals surface area contributed by atoms with Crippen LogP contribution in [0.2, 0.25) is 0 Å². The van der Waals surface area contributed by atoms with Crippen LogP contribution >= 0.6 is 11.3 Å². The molecule has 1 aliphatic rings. The lowest BCUT2D eigenvalue weighted by molar-refractivity contribution is 0.104. The molecule has 3 aromatic carbocycles. The van der Waals surface area contributed by atoms with Gasteiger partial charge >= 0.3 is 0 Å². The van der Waals surface area contributed by atoms with Crippen molar-refractivity contribution < 1.29 is 14.3 Å². The van der Waals surface area contributed by atoms with Gasteiger partial charge in [-0.25, -0.2) is 0 Å². The Balaban J connectivity index is 1.39. The third-order valence-corrected chi connectivity index (χ3v) is 7.54. The van der Waals surface area contributed by atoms with E-state index in [1.165, 1.54) is 25.9 Å². The summed E-state index contributed by atoms with van der Waals surface area (Å²) in [6, 6.07) is 23.5. The summed E-state index contributed by atoms with van der Waals surface area (Å²) in [5.74, 6) is 1.58. The Morgan fingerprint density at radius 3 is 2.23 bits per heavy atom. The molecule has 1 aromatic heterocycles. The number of likely N-dealkylation sites (tertiary alicyclic amines) is 1. The first-order valence-corrected chi connectivity index (χ1v) is 13.0. The highest BCUT2D eigenvalue weighted by atomic mass is 32.1. The highest BCUT2D eigenvalue weighted by Crippen LogP contribution is 2.40. The maximum absolute atomic E-state index is 13.7. The Morgan fingerprint density at radius 1 is 0.857 bits per heavy atom. The van der Waals surface area contributed by atoms with Crippen LogP contribution in [0.3, 0.4) is 0 Å². The van der Waals surface area contributed by atoms with Gasteiger partial charge in [0, 0.05) is 39.2 Å². The van der Waals surface area contributed by atoms with E-state index in [-0.39, 0.29) is 5.78 Å². The lowest BCUT2D eigenvalue weighted by atomic mass is 9.97. The van der Waals surface area contributed by atoms with Crippen LogP contribution in [-0.2, 0) is 0 Å². The summed E-state index contributed by atoms with van der Waals surface area (Å²) in [6.45, 7) is 4.91. The van der Waals surface area contributed by atoms with Gasteiger partial charge in [0.15, 0.2) is 5.78 Å². The van der Waals surface area contributed by atoms with Crippen molar-refractivity contribution in [3.63, 3.8) is 0 Å². The number of hydrogen-bond acceptors (Lipinski definition) is 6. The van der Waals surface area contributed by atoms with Gasteiger partial charge in [0.05, 0.1) is 0 Å². The zero-order chi connectivity index (χ0) is 24.0. The number of nitrogens with two attached hydrogens (primary N) is 1. The van der Waals surface area contributed by atoms with Crippen LogP contribution in [0.1, 0.15) is 28.8 Å². The number of carbonyl (C=O) groups is 1. The molecule has 2 N–H and O–H groups in total. The third-order valence-electron chi connectivity index (χ3n) is 6.32. The van der Waals surface area contributed by atoms with E-state index in [1.54, 1.807) is 11.3 Å². The fourth-order valence-electron chi connectivity index (χ4n) is 4.50. The summed E-state index contributed by atoms with van der Waals surface area (Å²) in [5, 5.41) is 0.979. The molecule has 2 heterocycles. The smallest absolute Gasteiger partial charge is 0.195 e. The first-order valence-electron chi connectivity index (χ1n) is 12.2. The molecule has 6 heteroatoms. The Labute approximate surface area is 210 Å². The van der Waals surface area contributed by atoms with Gasteiger partial charge < -0.3 is 15.2 Å². The minimum Gasteiger partial charge on any atom is -0.492 e. The molecule has 1 fully saturated rings. The standard InChI is InChI=1S/C29H30N2O3S/c30-15-19-33-23-11-7-21(8-12-23)28(32)27-25-5-1-2-6-26(25)35-29(27)22-9-13-24(14-10-22)34-20-18-31-16-3-4-17-31/h1-2,5-14H,3-4,15-20,30H2. The molecule has 0 radical (unpaired) electrons. The van der Waals surface area contributed by atoms with E-state index in [2.05, 4.69) is 23.1 Å². The number of thiophene rings is 1. The van der Waals surface area contributed by atoms with Crippen molar-refractivity contribution in [2.45, 2.75) is 12.8 Å². The van der Waals surface area contributed by atoms with Crippen LogP contribution in [-0.4, -0.2) is 50.1 Å². The molecule has 0 aliphatic carbocycles. The topological polar surface area (TPSA) is 64.8 Å². The monoisotopic (exact) mass is 486 g/mol. The second kappa shape index (κ2) is 11.0. The molecule has 0 bridgehead atoms. The number of ketones is 1. The fraction of sp³-hybridized carbons (Fsp3) is 0.276. The van der Waals surface area contributed by atoms with E-state index < -0.39 is 0 Å². The van der Waals surface area contributed by atoms with Crippen molar-refractivity contribution in [3.8, 4) is 21.9 Å². The van der Waals surface area contributed by atoms with Gasteiger partial charge in [0.2, 0.25) is 0 Å². The average molecular weight is 487 g/mol.